The van der Waals surface area contributed by atoms with E-state index in [1.165, 1.54) is 5.56 Å². The summed E-state index contributed by atoms with van der Waals surface area (Å²) in [5, 5.41) is 10.1. The van der Waals surface area contributed by atoms with Gasteiger partial charge in [-0.05, 0) is 37.5 Å². The van der Waals surface area contributed by atoms with Gasteiger partial charge >= 0.3 is 6.03 Å². The number of hydrogen-bond donors (Lipinski definition) is 2. The molecule has 5 heteroatoms. The minimum absolute atomic E-state index is 0.298. The van der Waals surface area contributed by atoms with Crippen molar-refractivity contribution >= 4 is 17.5 Å². The summed E-state index contributed by atoms with van der Waals surface area (Å²) < 4.78 is 1.76. The first-order valence-electron chi connectivity index (χ1n) is 8.19. The molecular formula is C20H22N4O. The number of anilines is 2. The Bertz CT molecular complexity index is 890. The fraction of sp³-hybridized carbons (Fsp3) is 0.200. The molecule has 0 saturated heterocycles. The summed E-state index contributed by atoms with van der Waals surface area (Å²) in [5.74, 6) is 0.515. The van der Waals surface area contributed by atoms with Crippen LogP contribution in [0.1, 0.15) is 16.7 Å². The summed E-state index contributed by atoms with van der Waals surface area (Å²) in [6.45, 7) is 6.02. The lowest BCUT2D eigenvalue weighted by Gasteiger charge is -2.12. The zero-order chi connectivity index (χ0) is 18.0. The third-order valence-corrected chi connectivity index (χ3v) is 4.11. The van der Waals surface area contributed by atoms with Gasteiger partial charge in [-0.3, -0.25) is 10.00 Å². The number of benzene rings is 2. The van der Waals surface area contributed by atoms with Gasteiger partial charge in [0.05, 0.1) is 5.69 Å². The van der Waals surface area contributed by atoms with Crippen molar-refractivity contribution in [2.75, 3.05) is 10.6 Å². The Morgan fingerprint density at radius 3 is 2.24 bits per heavy atom. The maximum absolute atomic E-state index is 12.4. The van der Waals surface area contributed by atoms with Crippen molar-refractivity contribution in [1.29, 1.82) is 0 Å². The number of amides is 2. The molecule has 0 aliphatic heterocycles. The molecule has 1 heterocycles. The predicted molar refractivity (Wildman–Crippen MR) is 102 cm³/mol. The molecule has 0 aliphatic carbocycles. The number of aromatic nitrogens is 2. The molecule has 25 heavy (non-hydrogen) atoms. The van der Waals surface area contributed by atoms with E-state index in [1.54, 1.807) is 4.68 Å². The second-order valence-corrected chi connectivity index (χ2v) is 6.26. The second kappa shape index (κ2) is 6.81. The highest BCUT2D eigenvalue weighted by Crippen LogP contribution is 2.24. The predicted octanol–water partition coefficient (Wildman–Crippen LogP) is 4.66. The Balaban J connectivity index is 1.76. The first kappa shape index (κ1) is 16.8. The molecule has 0 unspecified atom stereocenters. The first-order valence-corrected chi connectivity index (χ1v) is 8.19. The monoisotopic (exact) mass is 334 g/mol. The molecular weight excluding hydrogens is 312 g/mol. The molecule has 128 valence electrons. The van der Waals surface area contributed by atoms with Crippen molar-refractivity contribution in [2.24, 2.45) is 7.05 Å². The van der Waals surface area contributed by atoms with E-state index in [4.69, 9.17) is 0 Å². The summed E-state index contributed by atoms with van der Waals surface area (Å²) in [6.07, 6.45) is 0. The highest BCUT2D eigenvalue weighted by molar-refractivity contribution is 6.00. The lowest BCUT2D eigenvalue weighted by atomic mass is 10.1. The lowest BCUT2D eigenvalue weighted by Crippen LogP contribution is -2.21. The largest absolute Gasteiger partial charge is 0.324 e. The number of hydrogen-bond acceptors (Lipinski definition) is 2. The Morgan fingerprint density at radius 1 is 0.960 bits per heavy atom. The number of rotatable bonds is 3. The summed E-state index contributed by atoms with van der Waals surface area (Å²) >= 11 is 0. The average Bonchev–Trinajstić information content (AvgIpc) is 2.92. The van der Waals surface area contributed by atoms with Crippen LogP contribution in [0.25, 0.3) is 11.3 Å². The fourth-order valence-corrected chi connectivity index (χ4v) is 3.05. The van der Waals surface area contributed by atoms with Gasteiger partial charge in [-0.1, -0.05) is 48.0 Å². The molecule has 0 fully saturated rings. The van der Waals surface area contributed by atoms with Gasteiger partial charge in [0.1, 0.15) is 0 Å². The molecule has 3 rings (SSSR count). The smallest absolute Gasteiger partial charge is 0.307 e. The zero-order valence-corrected chi connectivity index (χ0v) is 14.9. The van der Waals surface area contributed by atoms with Crippen molar-refractivity contribution in [1.82, 2.24) is 9.78 Å². The summed E-state index contributed by atoms with van der Waals surface area (Å²) in [4.78, 5) is 12.4. The normalized spacial score (nSPS) is 10.6. The lowest BCUT2D eigenvalue weighted by molar-refractivity contribution is 0.262. The second-order valence-electron chi connectivity index (χ2n) is 6.26. The third kappa shape index (κ3) is 3.71. The van der Waals surface area contributed by atoms with Crippen LogP contribution in [0.2, 0.25) is 0 Å². The molecule has 0 spiro atoms. The number of urea groups is 1. The van der Waals surface area contributed by atoms with Gasteiger partial charge in [-0.2, -0.15) is 5.10 Å². The van der Waals surface area contributed by atoms with Crippen LogP contribution in [0, 0.1) is 20.8 Å². The molecule has 2 amide bonds. The molecule has 2 N–H and O–H groups in total. The SMILES string of the molecule is Cc1cc(C)c(NC(=O)Nc2cc(-c3ccccc3)n(C)n2)c(C)c1. The Labute approximate surface area is 147 Å². The molecule has 3 aromatic rings. The van der Waals surface area contributed by atoms with Crippen LogP contribution in [0.4, 0.5) is 16.3 Å². The third-order valence-electron chi connectivity index (χ3n) is 4.11. The number of carbonyl (C=O) groups is 1. The zero-order valence-electron chi connectivity index (χ0n) is 14.9. The molecule has 0 atom stereocenters. The van der Waals surface area contributed by atoms with Gasteiger partial charge in [0.25, 0.3) is 0 Å². The van der Waals surface area contributed by atoms with E-state index in [0.29, 0.717) is 5.82 Å². The van der Waals surface area contributed by atoms with E-state index in [0.717, 1.165) is 28.1 Å². The maximum atomic E-state index is 12.4. The summed E-state index contributed by atoms with van der Waals surface area (Å²) in [5.41, 5.74) is 6.09. The number of nitrogens with one attached hydrogen (secondary N) is 2. The quantitative estimate of drug-likeness (QED) is 0.732. The van der Waals surface area contributed by atoms with Crippen molar-refractivity contribution in [2.45, 2.75) is 20.8 Å². The van der Waals surface area contributed by atoms with Gasteiger partial charge in [0.15, 0.2) is 5.82 Å². The summed E-state index contributed by atoms with van der Waals surface area (Å²) in [6, 6.07) is 15.6. The van der Waals surface area contributed by atoms with Crippen molar-refractivity contribution in [3.63, 3.8) is 0 Å². The maximum Gasteiger partial charge on any atom is 0.324 e. The van der Waals surface area contributed by atoms with Crippen molar-refractivity contribution in [3.05, 3.63) is 65.2 Å². The van der Waals surface area contributed by atoms with E-state index in [2.05, 4.69) is 27.9 Å². The Hall–Kier alpha value is -3.08. The van der Waals surface area contributed by atoms with Gasteiger partial charge < -0.3 is 5.32 Å². The van der Waals surface area contributed by atoms with E-state index in [9.17, 15) is 4.79 Å². The minimum atomic E-state index is -0.298. The van der Waals surface area contributed by atoms with Crippen molar-refractivity contribution in [3.8, 4) is 11.3 Å². The molecule has 0 radical (unpaired) electrons. The van der Waals surface area contributed by atoms with Crippen LogP contribution in [0.5, 0.6) is 0 Å². The minimum Gasteiger partial charge on any atom is -0.307 e. The standard InChI is InChI=1S/C20H22N4O/c1-13-10-14(2)19(15(3)11-13)22-20(25)21-18-12-17(24(4)23-18)16-8-6-5-7-9-16/h5-12H,1-4H3,(H2,21,22,23,25). The van der Waals surface area contributed by atoms with Gasteiger partial charge in [-0.25, -0.2) is 4.79 Å². The van der Waals surface area contributed by atoms with Crippen LogP contribution in [0.3, 0.4) is 0 Å². The topological polar surface area (TPSA) is 59.0 Å². The van der Waals surface area contributed by atoms with Crippen LogP contribution >= 0.6 is 0 Å². The number of carbonyl (C=O) groups excluding carboxylic acids is 1. The van der Waals surface area contributed by atoms with Crippen LogP contribution in [-0.2, 0) is 7.05 Å². The first-order chi connectivity index (χ1) is 11.9. The Morgan fingerprint density at radius 2 is 1.60 bits per heavy atom. The highest BCUT2D eigenvalue weighted by Gasteiger charge is 2.12. The van der Waals surface area contributed by atoms with Gasteiger partial charge in [0, 0.05) is 18.8 Å². The summed E-state index contributed by atoms with van der Waals surface area (Å²) in [7, 11) is 1.86. The van der Waals surface area contributed by atoms with E-state index < -0.39 is 0 Å². The van der Waals surface area contributed by atoms with Gasteiger partial charge in [-0.15, -0.1) is 0 Å². The van der Waals surface area contributed by atoms with Crippen LogP contribution in [-0.4, -0.2) is 15.8 Å². The van der Waals surface area contributed by atoms with Gasteiger partial charge in [0.2, 0.25) is 0 Å². The molecule has 2 aromatic carbocycles. The van der Waals surface area contributed by atoms with E-state index in [1.807, 2.05) is 64.2 Å². The van der Waals surface area contributed by atoms with E-state index >= 15 is 0 Å². The van der Waals surface area contributed by atoms with Crippen molar-refractivity contribution < 1.29 is 4.79 Å². The molecule has 5 nitrogen and oxygen atoms in total. The average molecular weight is 334 g/mol. The number of aryl methyl sites for hydroxylation is 4. The molecule has 0 bridgehead atoms. The fourth-order valence-electron chi connectivity index (χ4n) is 3.05. The molecule has 0 saturated carbocycles. The Kier molecular flexibility index (Phi) is 4.57. The highest BCUT2D eigenvalue weighted by atomic mass is 16.2. The van der Waals surface area contributed by atoms with E-state index in [-0.39, 0.29) is 6.03 Å². The van der Waals surface area contributed by atoms with Crippen LogP contribution in [0.15, 0.2) is 48.5 Å². The number of nitrogens with zero attached hydrogens (tertiary/aromatic N) is 2. The molecule has 0 aliphatic rings. The van der Waals surface area contributed by atoms with Crippen LogP contribution < -0.4 is 10.6 Å². The molecule has 1 aromatic heterocycles.